The number of hydrogen-bond acceptors (Lipinski definition) is 4. The van der Waals surface area contributed by atoms with E-state index in [1.54, 1.807) is 56.6 Å². The SMILES string of the molecule is CCOc1ccc(C(=O)Nc2cccc(C(=O)N(C)C)c2)cc1OCC. The van der Waals surface area contributed by atoms with Crippen LogP contribution >= 0.6 is 0 Å². The Morgan fingerprint density at radius 2 is 1.62 bits per heavy atom. The second kappa shape index (κ2) is 8.89. The molecular weight excluding hydrogens is 332 g/mol. The van der Waals surface area contributed by atoms with E-state index < -0.39 is 0 Å². The van der Waals surface area contributed by atoms with E-state index in [9.17, 15) is 9.59 Å². The number of nitrogens with zero attached hydrogens (tertiary/aromatic N) is 1. The van der Waals surface area contributed by atoms with Gasteiger partial charge < -0.3 is 19.7 Å². The summed E-state index contributed by atoms with van der Waals surface area (Å²) in [7, 11) is 3.37. The van der Waals surface area contributed by atoms with Gasteiger partial charge in [-0.1, -0.05) is 6.07 Å². The maximum absolute atomic E-state index is 12.6. The molecule has 0 fully saturated rings. The van der Waals surface area contributed by atoms with Crippen LogP contribution in [0.5, 0.6) is 11.5 Å². The number of benzene rings is 2. The summed E-state index contributed by atoms with van der Waals surface area (Å²) in [5, 5.41) is 2.81. The average molecular weight is 356 g/mol. The largest absolute Gasteiger partial charge is 0.490 e. The van der Waals surface area contributed by atoms with Gasteiger partial charge in [0.2, 0.25) is 0 Å². The van der Waals surface area contributed by atoms with Crippen molar-refractivity contribution >= 4 is 17.5 Å². The second-order valence-electron chi connectivity index (χ2n) is 5.76. The molecule has 0 unspecified atom stereocenters. The van der Waals surface area contributed by atoms with E-state index in [1.165, 1.54) is 4.90 Å². The molecule has 2 rings (SSSR count). The van der Waals surface area contributed by atoms with Gasteiger partial charge in [-0.2, -0.15) is 0 Å². The highest BCUT2D eigenvalue weighted by molar-refractivity contribution is 6.05. The number of nitrogens with one attached hydrogen (secondary N) is 1. The summed E-state index contributed by atoms with van der Waals surface area (Å²) in [6.07, 6.45) is 0. The van der Waals surface area contributed by atoms with Crippen LogP contribution in [-0.2, 0) is 0 Å². The summed E-state index contributed by atoms with van der Waals surface area (Å²) in [6.45, 7) is 4.74. The molecule has 1 N–H and O–H groups in total. The van der Waals surface area contributed by atoms with Crippen molar-refractivity contribution < 1.29 is 19.1 Å². The predicted molar refractivity (Wildman–Crippen MR) is 101 cm³/mol. The minimum atomic E-state index is -0.288. The van der Waals surface area contributed by atoms with Crippen LogP contribution in [0.3, 0.4) is 0 Å². The molecule has 0 saturated heterocycles. The first-order valence-corrected chi connectivity index (χ1v) is 8.49. The van der Waals surface area contributed by atoms with Crippen molar-refractivity contribution in [3.05, 3.63) is 53.6 Å². The number of carbonyl (C=O) groups is 2. The Morgan fingerprint density at radius 3 is 2.27 bits per heavy atom. The molecule has 0 aliphatic rings. The average Bonchev–Trinajstić information content (AvgIpc) is 2.63. The van der Waals surface area contributed by atoms with Crippen LogP contribution in [0.4, 0.5) is 5.69 Å². The lowest BCUT2D eigenvalue weighted by molar-refractivity contribution is 0.0827. The summed E-state index contributed by atoms with van der Waals surface area (Å²) in [5.74, 6) is 0.715. The maximum Gasteiger partial charge on any atom is 0.255 e. The zero-order valence-electron chi connectivity index (χ0n) is 15.5. The third-order valence-electron chi connectivity index (χ3n) is 3.58. The van der Waals surface area contributed by atoms with Gasteiger partial charge in [-0.3, -0.25) is 9.59 Å². The molecule has 0 aromatic heterocycles. The Hall–Kier alpha value is -3.02. The zero-order chi connectivity index (χ0) is 19.1. The van der Waals surface area contributed by atoms with Crippen LogP contribution in [-0.4, -0.2) is 44.0 Å². The topological polar surface area (TPSA) is 67.9 Å². The predicted octanol–water partition coefficient (Wildman–Crippen LogP) is 3.44. The molecule has 0 heterocycles. The van der Waals surface area contributed by atoms with Gasteiger partial charge in [-0.25, -0.2) is 0 Å². The van der Waals surface area contributed by atoms with Crippen molar-refractivity contribution in [2.45, 2.75) is 13.8 Å². The zero-order valence-corrected chi connectivity index (χ0v) is 15.5. The highest BCUT2D eigenvalue weighted by Crippen LogP contribution is 2.29. The third kappa shape index (κ3) is 4.75. The van der Waals surface area contributed by atoms with Gasteiger partial charge in [0.05, 0.1) is 13.2 Å². The van der Waals surface area contributed by atoms with E-state index in [4.69, 9.17) is 9.47 Å². The highest BCUT2D eigenvalue weighted by Gasteiger charge is 2.13. The van der Waals surface area contributed by atoms with Crippen LogP contribution in [0.25, 0.3) is 0 Å². The number of anilines is 1. The Kier molecular flexibility index (Phi) is 6.60. The van der Waals surface area contributed by atoms with Crippen molar-refractivity contribution in [3.63, 3.8) is 0 Å². The van der Waals surface area contributed by atoms with E-state index in [2.05, 4.69) is 5.32 Å². The molecule has 0 bridgehead atoms. The molecule has 6 nitrogen and oxygen atoms in total. The van der Waals surface area contributed by atoms with Gasteiger partial charge in [0.15, 0.2) is 11.5 Å². The summed E-state index contributed by atoms with van der Waals surface area (Å²) in [4.78, 5) is 26.1. The van der Waals surface area contributed by atoms with Crippen molar-refractivity contribution in [2.75, 3.05) is 32.6 Å². The normalized spacial score (nSPS) is 10.2. The van der Waals surface area contributed by atoms with Gasteiger partial charge in [0.1, 0.15) is 0 Å². The fourth-order valence-corrected chi connectivity index (χ4v) is 2.38. The van der Waals surface area contributed by atoms with E-state index in [1.807, 2.05) is 13.8 Å². The first-order valence-electron chi connectivity index (χ1n) is 8.49. The number of carbonyl (C=O) groups excluding carboxylic acids is 2. The van der Waals surface area contributed by atoms with E-state index in [0.717, 1.165) is 0 Å². The summed E-state index contributed by atoms with van der Waals surface area (Å²) >= 11 is 0. The van der Waals surface area contributed by atoms with Crippen molar-refractivity contribution in [3.8, 4) is 11.5 Å². The summed E-state index contributed by atoms with van der Waals surface area (Å²) in [5.41, 5.74) is 1.50. The lowest BCUT2D eigenvalue weighted by Crippen LogP contribution is -2.22. The number of rotatable bonds is 7. The lowest BCUT2D eigenvalue weighted by atomic mass is 10.1. The quantitative estimate of drug-likeness (QED) is 0.825. The monoisotopic (exact) mass is 356 g/mol. The van der Waals surface area contributed by atoms with Crippen molar-refractivity contribution in [2.24, 2.45) is 0 Å². The molecule has 0 radical (unpaired) electrons. The Bertz CT molecular complexity index is 787. The van der Waals surface area contributed by atoms with Gasteiger partial charge >= 0.3 is 0 Å². The first-order chi connectivity index (χ1) is 12.5. The molecule has 2 aromatic carbocycles. The van der Waals surface area contributed by atoms with Gasteiger partial charge in [0.25, 0.3) is 11.8 Å². The third-order valence-corrected chi connectivity index (χ3v) is 3.58. The minimum Gasteiger partial charge on any atom is -0.490 e. The molecule has 0 spiro atoms. The van der Waals surface area contributed by atoms with E-state index in [-0.39, 0.29) is 11.8 Å². The lowest BCUT2D eigenvalue weighted by Gasteiger charge is -2.13. The molecule has 26 heavy (non-hydrogen) atoms. The van der Waals surface area contributed by atoms with Gasteiger partial charge in [0, 0.05) is 30.9 Å². The van der Waals surface area contributed by atoms with Gasteiger partial charge in [-0.05, 0) is 50.2 Å². The molecular formula is C20H24N2O4. The molecule has 138 valence electrons. The molecule has 0 aliphatic heterocycles. The first kappa shape index (κ1) is 19.3. The number of ether oxygens (including phenoxy) is 2. The molecule has 0 saturated carbocycles. The maximum atomic E-state index is 12.6. The fraction of sp³-hybridized carbons (Fsp3) is 0.300. The van der Waals surface area contributed by atoms with Crippen molar-refractivity contribution in [1.82, 2.24) is 4.90 Å². The number of amides is 2. The molecule has 6 heteroatoms. The van der Waals surface area contributed by atoms with Crippen LogP contribution in [0.2, 0.25) is 0 Å². The van der Waals surface area contributed by atoms with Crippen LogP contribution in [0.15, 0.2) is 42.5 Å². The molecule has 2 amide bonds. The Morgan fingerprint density at radius 1 is 0.923 bits per heavy atom. The van der Waals surface area contributed by atoms with Crippen LogP contribution in [0, 0.1) is 0 Å². The Balaban J connectivity index is 2.21. The van der Waals surface area contributed by atoms with Crippen LogP contribution in [0.1, 0.15) is 34.6 Å². The Labute approximate surface area is 153 Å². The fourth-order valence-electron chi connectivity index (χ4n) is 2.38. The number of hydrogen-bond donors (Lipinski definition) is 1. The molecule has 2 aromatic rings. The molecule has 0 aliphatic carbocycles. The second-order valence-corrected chi connectivity index (χ2v) is 5.76. The standard InChI is InChI=1S/C20H24N2O4/c1-5-25-17-11-10-14(13-18(17)26-6-2)19(23)21-16-9-7-8-15(12-16)20(24)22(3)4/h7-13H,5-6H2,1-4H3,(H,21,23). The van der Waals surface area contributed by atoms with E-state index in [0.29, 0.717) is 41.5 Å². The molecule has 0 atom stereocenters. The van der Waals surface area contributed by atoms with Crippen LogP contribution < -0.4 is 14.8 Å². The summed E-state index contributed by atoms with van der Waals surface area (Å²) < 4.78 is 11.1. The van der Waals surface area contributed by atoms with Gasteiger partial charge in [-0.15, -0.1) is 0 Å². The highest BCUT2D eigenvalue weighted by atomic mass is 16.5. The van der Waals surface area contributed by atoms with E-state index >= 15 is 0 Å². The minimum absolute atomic E-state index is 0.124. The smallest absolute Gasteiger partial charge is 0.255 e. The van der Waals surface area contributed by atoms with Crippen molar-refractivity contribution in [1.29, 1.82) is 0 Å². The summed E-state index contributed by atoms with van der Waals surface area (Å²) in [6, 6.07) is 11.9.